The number of anilines is 2. The van der Waals surface area contributed by atoms with Crippen molar-refractivity contribution in [3.63, 3.8) is 0 Å². The van der Waals surface area contributed by atoms with Crippen LogP contribution in [0.5, 0.6) is 0 Å². The number of nitrogens with one attached hydrogen (secondary N) is 1. The lowest BCUT2D eigenvalue weighted by Gasteiger charge is -2.12. The second-order valence-electron chi connectivity index (χ2n) is 4.36. The van der Waals surface area contributed by atoms with Crippen molar-refractivity contribution in [2.24, 2.45) is 0 Å². The Kier molecular flexibility index (Phi) is 4.31. The van der Waals surface area contributed by atoms with Crippen molar-refractivity contribution in [3.05, 3.63) is 30.5 Å². The molecule has 0 aliphatic heterocycles. The Hall–Kier alpha value is -1.42. The molecule has 3 nitrogen and oxygen atoms in total. The topological polar surface area (TPSA) is 50.9 Å². The lowest BCUT2D eigenvalue weighted by atomic mass is 10.1. The molecule has 0 aliphatic carbocycles. The minimum atomic E-state index is 0.672. The van der Waals surface area contributed by atoms with Crippen LogP contribution in [-0.4, -0.2) is 23.0 Å². The second-order valence-corrected chi connectivity index (χ2v) is 5.64. The summed E-state index contributed by atoms with van der Waals surface area (Å²) in [4.78, 5) is 4.41. The minimum absolute atomic E-state index is 0.672. The number of nitrogen functional groups attached to an aromatic ring is 1. The summed E-state index contributed by atoms with van der Waals surface area (Å²) in [6.45, 7) is 3.20. The van der Waals surface area contributed by atoms with Crippen molar-refractivity contribution in [2.45, 2.75) is 18.6 Å². The fraction of sp³-hybridized carbons (Fsp3) is 0.357. The van der Waals surface area contributed by atoms with E-state index in [4.69, 9.17) is 5.73 Å². The molecule has 4 heteroatoms. The summed E-state index contributed by atoms with van der Waals surface area (Å²) in [5.74, 6) is 0. The number of hydrogen-bond acceptors (Lipinski definition) is 4. The van der Waals surface area contributed by atoms with E-state index in [1.807, 2.05) is 36.0 Å². The van der Waals surface area contributed by atoms with Gasteiger partial charge in [0.05, 0.1) is 11.2 Å². The van der Waals surface area contributed by atoms with Gasteiger partial charge in [-0.2, -0.15) is 11.8 Å². The first kappa shape index (κ1) is 13.0. The predicted molar refractivity (Wildman–Crippen MR) is 82.2 cm³/mol. The molecule has 0 amide bonds. The highest BCUT2D eigenvalue weighted by atomic mass is 32.2. The molecular formula is C14H19N3S. The number of aromatic nitrogens is 1. The quantitative estimate of drug-likeness (QED) is 0.810. The number of hydrogen-bond donors (Lipinski definition) is 2. The van der Waals surface area contributed by atoms with Gasteiger partial charge in [0, 0.05) is 29.1 Å². The van der Waals surface area contributed by atoms with Crippen molar-refractivity contribution in [1.82, 2.24) is 4.98 Å². The van der Waals surface area contributed by atoms with Crippen LogP contribution in [0.15, 0.2) is 30.5 Å². The molecule has 0 spiro atoms. The molecule has 2 aromatic rings. The first-order valence-corrected chi connectivity index (χ1v) is 7.41. The van der Waals surface area contributed by atoms with Gasteiger partial charge < -0.3 is 11.1 Å². The van der Waals surface area contributed by atoms with E-state index in [9.17, 15) is 0 Å². The Morgan fingerprint density at radius 1 is 1.39 bits per heavy atom. The first-order valence-electron chi connectivity index (χ1n) is 6.12. The summed E-state index contributed by atoms with van der Waals surface area (Å²) in [6.07, 6.45) is 5.09. The van der Waals surface area contributed by atoms with E-state index in [-0.39, 0.29) is 0 Å². The number of thioether (sulfide) groups is 1. The SMILES string of the molecule is CSC(C)CCNc1ccc(N)c2cccnc12. The molecule has 0 aliphatic rings. The Morgan fingerprint density at radius 3 is 3.00 bits per heavy atom. The van der Waals surface area contributed by atoms with Crippen LogP contribution in [0.4, 0.5) is 11.4 Å². The van der Waals surface area contributed by atoms with Gasteiger partial charge in [0.1, 0.15) is 0 Å². The van der Waals surface area contributed by atoms with Crippen LogP contribution in [0.25, 0.3) is 10.9 Å². The molecule has 1 unspecified atom stereocenters. The maximum Gasteiger partial charge on any atom is 0.0953 e. The Morgan fingerprint density at radius 2 is 2.22 bits per heavy atom. The maximum atomic E-state index is 5.95. The molecule has 2 rings (SSSR count). The average Bonchev–Trinajstić information content (AvgIpc) is 2.41. The van der Waals surface area contributed by atoms with Crippen molar-refractivity contribution in [1.29, 1.82) is 0 Å². The molecule has 1 atom stereocenters. The summed E-state index contributed by atoms with van der Waals surface area (Å²) >= 11 is 1.89. The standard InChI is InChI=1S/C14H19N3S/c1-10(18-2)7-9-16-13-6-5-12(15)11-4-3-8-17-14(11)13/h3-6,8,10,16H,7,9,15H2,1-2H3. The van der Waals surface area contributed by atoms with Crippen LogP contribution in [0, 0.1) is 0 Å². The highest BCUT2D eigenvalue weighted by Crippen LogP contribution is 2.26. The van der Waals surface area contributed by atoms with Gasteiger partial charge in [0.15, 0.2) is 0 Å². The molecular weight excluding hydrogens is 242 g/mol. The fourth-order valence-corrected chi connectivity index (χ4v) is 2.22. The van der Waals surface area contributed by atoms with Gasteiger partial charge >= 0.3 is 0 Å². The summed E-state index contributed by atoms with van der Waals surface area (Å²) in [5.41, 5.74) is 8.75. The monoisotopic (exact) mass is 261 g/mol. The van der Waals surface area contributed by atoms with E-state index in [0.29, 0.717) is 5.25 Å². The van der Waals surface area contributed by atoms with Gasteiger partial charge in [0.2, 0.25) is 0 Å². The second kappa shape index (κ2) is 5.96. The summed E-state index contributed by atoms with van der Waals surface area (Å²) in [6, 6.07) is 7.87. The van der Waals surface area contributed by atoms with E-state index in [0.717, 1.165) is 35.2 Å². The molecule has 96 valence electrons. The zero-order valence-corrected chi connectivity index (χ0v) is 11.6. The van der Waals surface area contributed by atoms with Crippen LogP contribution in [0.2, 0.25) is 0 Å². The number of rotatable bonds is 5. The molecule has 0 saturated heterocycles. The summed E-state index contributed by atoms with van der Waals surface area (Å²) in [7, 11) is 0. The van der Waals surface area contributed by atoms with Crippen molar-refractivity contribution in [2.75, 3.05) is 23.9 Å². The zero-order valence-electron chi connectivity index (χ0n) is 10.8. The number of nitrogens with zero attached hydrogens (tertiary/aromatic N) is 1. The molecule has 1 aromatic carbocycles. The first-order chi connectivity index (χ1) is 8.72. The largest absolute Gasteiger partial charge is 0.398 e. The van der Waals surface area contributed by atoms with Crippen molar-refractivity contribution in [3.8, 4) is 0 Å². The van der Waals surface area contributed by atoms with E-state index >= 15 is 0 Å². The van der Waals surface area contributed by atoms with E-state index in [1.54, 1.807) is 6.20 Å². The van der Waals surface area contributed by atoms with Crippen LogP contribution >= 0.6 is 11.8 Å². The summed E-state index contributed by atoms with van der Waals surface area (Å²) < 4.78 is 0. The van der Waals surface area contributed by atoms with Gasteiger partial charge in [-0.25, -0.2) is 0 Å². The Bertz CT molecular complexity index is 527. The van der Waals surface area contributed by atoms with Gasteiger partial charge in [0.25, 0.3) is 0 Å². The predicted octanol–water partition coefficient (Wildman–Crippen LogP) is 3.37. The lowest BCUT2D eigenvalue weighted by Crippen LogP contribution is -2.08. The van der Waals surface area contributed by atoms with Crippen molar-refractivity contribution < 1.29 is 0 Å². The van der Waals surface area contributed by atoms with Gasteiger partial charge in [-0.15, -0.1) is 0 Å². The number of benzene rings is 1. The maximum absolute atomic E-state index is 5.95. The molecule has 3 N–H and O–H groups in total. The number of pyridine rings is 1. The lowest BCUT2D eigenvalue weighted by molar-refractivity contribution is 0.854. The highest BCUT2D eigenvalue weighted by molar-refractivity contribution is 7.99. The van der Waals surface area contributed by atoms with Crippen molar-refractivity contribution >= 4 is 34.0 Å². The normalized spacial score (nSPS) is 12.6. The fourth-order valence-electron chi connectivity index (χ4n) is 1.87. The van der Waals surface area contributed by atoms with Crippen LogP contribution in [0.3, 0.4) is 0 Å². The smallest absolute Gasteiger partial charge is 0.0953 e. The van der Waals surface area contributed by atoms with Gasteiger partial charge in [-0.3, -0.25) is 4.98 Å². The van der Waals surface area contributed by atoms with Crippen LogP contribution in [-0.2, 0) is 0 Å². The molecule has 0 fully saturated rings. The van der Waals surface area contributed by atoms with Crippen LogP contribution < -0.4 is 11.1 Å². The molecule has 0 radical (unpaired) electrons. The molecule has 0 bridgehead atoms. The van der Waals surface area contributed by atoms with E-state index < -0.39 is 0 Å². The van der Waals surface area contributed by atoms with Gasteiger partial charge in [-0.05, 0) is 36.9 Å². The number of nitrogens with two attached hydrogens (primary N) is 1. The van der Waals surface area contributed by atoms with E-state index in [2.05, 4.69) is 23.5 Å². The number of fused-ring (bicyclic) bond motifs is 1. The molecule has 1 aromatic heterocycles. The molecule has 1 heterocycles. The summed E-state index contributed by atoms with van der Waals surface area (Å²) in [5, 5.41) is 5.13. The molecule has 18 heavy (non-hydrogen) atoms. The van der Waals surface area contributed by atoms with Crippen LogP contribution in [0.1, 0.15) is 13.3 Å². The van der Waals surface area contributed by atoms with Gasteiger partial charge in [-0.1, -0.05) is 6.92 Å². The third-order valence-electron chi connectivity index (χ3n) is 3.07. The molecule has 0 saturated carbocycles. The third-order valence-corrected chi connectivity index (χ3v) is 4.11. The zero-order chi connectivity index (χ0) is 13.0. The third kappa shape index (κ3) is 2.88. The highest BCUT2D eigenvalue weighted by Gasteiger charge is 2.05. The Labute approximate surface area is 112 Å². The average molecular weight is 261 g/mol. The Balaban J connectivity index is 2.16. The minimum Gasteiger partial charge on any atom is -0.398 e. The van der Waals surface area contributed by atoms with E-state index in [1.165, 1.54) is 0 Å².